The molecule has 4 fully saturated rings. The lowest BCUT2D eigenvalue weighted by atomic mass is 9.63. The van der Waals surface area contributed by atoms with Crippen molar-refractivity contribution in [3.63, 3.8) is 0 Å². The van der Waals surface area contributed by atoms with Gasteiger partial charge >= 0.3 is 0 Å². The zero-order valence-electron chi connectivity index (χ0n) is 42.8. The van der Waals surface area contributed by atoms with Crippen molar-refractivity contribution in [2.24, 2.45) is 45.3 Å². The van der Waals surface area contributed by atoms with Crippen LogP contribution in [0, 0.1) is 73.0 Å². The van der Waals surface area contributed by atoms with Gasteiger partial charge in [-0.25, -0.2) is 0 Å². The van der Waals surface area contributed by atoms with Crippen LogP contribution in [0.4, 0.5) is 0 Å². The predicted octanol–water partition coefficient (Wildman–Crippen LogP) is 12.1. The molecule has 12 atom stereocenters. The summed E-state index contributed by atoms with van der Waals surface area (Å²) in [7, 11) is 0. The van der Waals surface area contributed by atoms with Crippen LogP contribution >= 0.6 is 0 Å². The number of rotatable bonds is 8. The lowest BCUT2D eigenvalue weighted by Crippen LogP contribution is -2.43. The fraction of sp³-hybridized carbons (Fsp3) is 0.643. The van der Waals surface area contributed by atoms with E-state index in [0.29, 0.717) is 25.7 Å². The first-order chi connectivity index (χ1) is 31.9. The minimum atomic E-state index is -0.760. The molecule has 8 rings (SSSR count). The Morgan fingerprint density at radius 1 is 0.382 bits per heavy atom. The molecular weight excluding hydrogens is 865 g/mol. The maximum Gasteiger partial charge on any atom is 0.141 e. The summed E-state index contributed by atoms with van der Waals surface area (Å²) in [5.74, 6) is 1.49. The second-order valence-electron chi connectivity index (χ2n) is 21.6. The minimum absolute atomic E-state index is 0.171. The maximum absolute atomic E-state index is 12.2. The first-order valence-electron chi connectivity index (χ1n) is 24.9. The largest absolute Gasteiger partial charge is 0.472 e. The first kappa shape index (κ1) is 54.6. The molecule has 12 heteroatoms. The Morgan fingerprint density at radius 2 is 0.559 bits per heavy atom. The Morgan fingerprint density at radius 3 is 0.691 bits per heavy atom. The van der Waals surface area contributed by atoms with Crippen molar-refractivity contribution in [1.82, 2.24) is 0 Å². The predicted molar refractivity (Wildman–Crippen MR) is 258 cm³/mol. The summed E-state index contributed by atoms with van der Waals surface area (Å²) < 4.78 is 20.4. The molecule has 4 aromatic heterocycles. The Hall–Kier alpha value is -4.36. The van der Waals surface area contributed by atoms with Crippen LogP contribution in [0.15, 0.2) is 67.8 Å². The van der Waals surface area contributed by atoms with Crippen LogP contribution < -0.4 is 0 Å². The highest BCUT2D eigenvalue weighted by molar-refractivity contribution is 5.88. The fourth-order valence-corrected chi connectivity index (χ4v) is 11.2. The highest BCUT2D eigenvalue weighted by Crippen LogP contribution is 2.51. The fourth-order valence-electron chi connectivity index (χ4n) is 11.2. The molecule has 4 aliphatic rings. The molecule has 4 aromatic rings. The van der Waals surface area contributed by atoms with E-state index < -0.39 is 46.1 Å². The van der Waals surface area contributed by atoms with Crippen LogP contribution in [0.3, 0.4) is 0 Å². The smallest absolute Gasteiger partial charge is 0.141 e. The molecule has 4 heterocycles. The van der Waals surface area contributed by atoms with E-state index in [0.717, 1.165) is 95.9 Å². The molecule has 0 aromatic carbocycles. The Kier molecular flexibility index (Phi) is 17.8. The van der Waals surface area contributed by atoms with Crippen molar-refractivity contribution in [3.8, 4) is 0 Å². The molecule has 4 aliphatic carbocycles. The summed E-state index contributed by atoms with van der Waals surface area (Å²) in [4.78, 5) is 48.7. The highest BCUT2D eigenvalue weighted by atomic mass is 16.3. The van der Waals surface area contributed by atoms with E-state index >= 15 is 0 Å². The van der Waals surface area contributed by atoms with Crippen molar-refractivity contribution in [2.45, 2.75) is 185 Å². The summed E-state index contributed by atoms with van der Waals surface area (Å²) in [5, 5.41) is 42.1. The lowest BCUT2D eigenvalue weighted by Gasteiger charge is -2.41. The zero-order chi connectivity index (χ0) is 50.5. The number of hydrogen-bond donors (Lipinski definition) is 4. The van der Waals surface area contributed by atoms with E-state index in [2.05, 4.69) is 27.7 Å². The number of Topliss-reactive ketones (excluding diaryl/α,β-unsaturated/α-hetero) is 4. The normalized spacial score (nSPS) is 31.5. The molecule has 12 nitrogen and oxygen atoms in total. The summed E-state index contributed by atoms with van der Waals surface area (Å²) in [5.41, 5.74) is 3.91. The molecule has 4 saturated carbocycles. The van der Waals surface area contributed by atoms with Gasteiger partial charge in [0, 0.05) is 47.9 Å². The standard InChI is InChI=1S/4C14H20O3/c4*1-9-7-17-8-11(9)13(16)14(3)10(2)5-4-6-12(14)15/h4*7-8,10,13,16H,4-6H2,1-3H3/t4*10-,13-,14+/m0000/s1. The topological polar surface area (TPSA) is 202 Å². The van der Waals surface area contributed by atoms with Crippen molar-refractivity contribution in [2.75, 3.05) is 0 Å². The number of carbonyl (C=O) groups is 4. The number of aliphatic hydroxyl groups excluding tert-OH is 4. The number of aryl methyl sites for hydroxylation is 4. The van der Waals surface area contributed by atoms with E-state index in [1.165, 1.54) is 0 Å². The average Bonchev–Trinajstić information content (AvgIpc) is 4.14. The number of carbonyl (C=O) groups excluding carboxylic acids is 4. The Bertz CT molecular complexity index is 2000. The molecule has 0 radical (unpaired) electrons. The van der Waals surface area contributed by atoms with Gasteiger partial charge in [0.15, 0.2) is 0 Å². The number of aliphatic hydroxyl groups is 4. The van der Waals surface area contributed by atoms with Crippen LogP contribution in [0.2, 0.25) is 0 Å². The molecule has 0 saturated heterocycles. The number of furan rings is 4. The number of hydrogen-bond acceptors (Lipinski definition) is 12. The summed E-state index contributed by atoms with van der Waals surface area (Å²) in [6, 6.07) is 0. The third-order valence-corrected chi connectivity index (χ3v) is 17.7. The molecule has 4 N–H and O–H groups in total. The van der Waals surface area contributed by atoms with Crippen LogP contribution in [-0.4, -0.2) is 43.6 Å². The van der Waals surface area contributed by atoms with Crippen molar-refractivity contribution in [1.29, 1.82) is 0 Å². The van der Waals surface area contributed by atoms with Crippen molar-refractivity contribution < 1.29 is 57.3 Å². The van der Waals surface area contributed by atoms with Gasteiger partial charge in [-0.3, -0.25) is 19.2 Å². The first-order valence-corrected chi connectivity index (χ1v) is 24.9. The molecule has 0 spiro atoms. The zero-order valence-corrected chi connectivity index (χ0v) is 42.8. The van der Waals surface area contributed by atoms with Crippen LogP contribution in [0.1, 0.15) is 201 Å². The SMILES string of the molecule is Cc1cocc1[C@H](O)[C@@]1(C)C(=O)CCC[C@@H]1C.Cc1cocc1[C@H](O)[C@@]1(C)C(=O)CCC[C@@H]1C.Cc1cocc1[C@H](O)[C@@]1(C)C(=O)CCC[C@@H]1C.Cc1cocc1[C@H](O)[C@@]1(C)C(=O)CCC[C@@H]1C. The van der Waals surface area contributed by atoms with Crippen LogP contribution in [-0.2, 0) is 19.2 Å². The molecule has 0 bridgehead atoms. The van der Waals surface area contributed by atoms with Gasteiger partial charge in [0.25, 0.3) is 0 Å². The quantitative estimate of drug-likeness (QED) is 0.130. The Balaban J connectivity index is 0.000000169. The monoisotopic (exact) mass is 945 g/mol. The Labute approximate surface area is 403 Å². The molecule has 376 valence electrons. The van der Waals surface area contributed by atoms with Gasteiger partial charge in [-0.15, -0.1) is 0 Å². The lowest BCUT2D eigenvalue weighted by molar-refractivity contribution is -0.144. The second-order valence-corrected chi connectivity index (χ2v) is 21.6. The van der Waals surface area contributed by atoms with Gasteiger partial charge < -0.3 is 38.1 Å². The van der Waals surface area contributed by atoms with Gasteiger partial charge in [0.1, 0.15) is 23.1 Å². The average molecular weight is 945 g/mol. The van der Waals surface area contributed by atoms with E-state index in [4.69, 9.17) is 17.7 Å². The maximum atomic E-state index is 12.2. The van der Waals surface area contributed by atoms with Crippen LogP contribution in [0.25, 0.3) is 0 Å². The van der Waals surface area contributed by atoms with Gasteiger partial charge in [0.2, 0.25) is 0 Å². The van der Waals surface area contributed by atoms with Gasteiger partial charge in [0.05, 0.1) is 96.2 Å². The third-order valence-electron chi connectivity index (χ3n) is 17.7. The van der Waals surface area contributed by atoms with E-state index in [1.54, 1.807) is 50.1 Å². The molecular formula is C56H80O12. The summed E-state index contributed by atoms with van der Waals surface area (Å²) in [6.45, 7) is 23.3. The molecule has 0 unspecified atom stereocenters. The summed E-state index contributed by atoms with van der Waals surface area (Å²) >= 11 is 0. The van der Waals surface area contributed by atoms with E-state index in [9.17, 15) is 39.6 Å². The van der Waals surface area contributed by atoms with Crippen LogP contribution in [0.5, 0.6) is 0 Å². The molecule has 0 amide bonds. The molecule has 0 aliphatic heterocycles. The van der Waals surface area contributed by atoms with Gasteiger partial charge in [-0.05, 0) is 153 Å². The molecule has 68 heavy (non-hydrogen) atoms. The van der Waals surface area contributed by atoms with Crippen molar-refractivity contribution in [3.05, 3.63) is 94.6 Å². The van der Waals surface area contributed by atoms with Crippen molar-refractivity contribution >= 4 is 23.1 Å². The third kappa shape index (κ3) is 10.4. The second kappa shape index (κ2) is 22.2. The van der Waals surface area contributed by atoms with Gasteiger partial charge in [-0.1, -0.05) is 27.7 Å². The minimum Gasteiger partial charge on any atom is -0.472 e. The highest BCUT2D eigenvalue weighted by Gasteiger charge is 2.51. The van der Waals surface area contributed by atoms with E-state index in [-0.39, 0.29) is 46.8 Å². The van der Waals surface area contributed by atoms with Gasteiger partial charge in [-0.2, -0.15) is 0 Å². The van der Waals surface area contributed by atoms with E-state index in [1.807, 2.05) is 55.4 Å². The number of ketones is 4. The summed E-state index contributed by atoms with van der Waals surface area (Å²) in [6.07, 6.45) is 19.7.